The number of aromatic nitrogens is 4. The zero-order valence-corrected chi connectivity index (χ0v) is 23.7. The predicted molar refractivity (Wildman–Crippen MR) is 143 cm³/mol. The van der Waals surface area contributed by atoms with Crippen LogP contribution in [0.2, 0.25) is 0 Å². The Bertz CT molecular complexity index is 2050. The van der Waals surface area contributed by atoms with Crippen molar-refractivity contribution in [3.05, 3.63) is 80.7 Å². The molecule has 44 heavy (non-hydrogen) atoms. The summed E-state index contributed by atoms with van der Waals surface area (Å²) in [6.45, 7) is 0. The fraction of sp³-hybridized carbons (Fsp3) is 0.0909. The lowest BCUT2D eigenvalue weighted by Gasteiger charge is -2.13. The van der Waals surface area contributed by atoms with Crippen LogP contribution in [-0.4, -0.2) is 71.0 Å². The summed E-state index contributed by atoms with van der Waals surface area (Å²) >= 11 is 0. The molecule has 230 valence electrons. The van der Waals surface area contributed by atoms with Crippen molar-refractivity contribution in [1.29, 1.82) is 0 Å². The summed E-state index contributed by atoms with van der Waals surface area (Å²) in [7, 11) is -8.52. The van der Waals surface area contributed by atoms with E-state index in [2.05, 4.69) is 15.6 Å². The van der Waals surface area contributed by atoms with E-state index in [1.165, 1.54) is 12.1 Å². The average molecular weight is 653 g/mol. The maximum absolute atomic E-state index is 13.4. The summed E-state index contributed by atoms with van der Waals surface area (Å²) in [6, 6.07) is 10.1. The van der Waals surface area contributed by atoms with Crippen LogP contribution in [0.25, 0.3) is 11.4 Å². The number of anilines is 1. The molecule has 1 aromatic heterocycles. The number of hydrogen-bond donors (Lipinski definition) is 3. The number of nitrogens with one attached hydrogen (secondary N) is 1. The number of tetrazole rings is 1. The first-order valence-corrected chi connectivity index (χ1v) is 14.4. The molecule has 0 saturated carbocycles. The lowest BCUT2D eigenvalue weighted by atomic mass is 10.2. The smallest absolute Gasteiger partial charge is 0.395 e. The van der Waals surface area contributed by atoms with Crippen molar-refractivity contribution >= 4 is 43.2 Å². The molecule has 0 spiro atoms. The Morgan fingerprint density at radius 2 is 1.41 bits per heavy atom. The Morgan fingerprint density at radius 3 is 1.91 bits per heavy atom. The fourth-order valence-electron chi connectivity index (χ4n) is 3.90. The molecule has 4 rings (SSSR count). The second-order valence-electron chi connectivity index (χ2n) is 8.38. The molecule has 22 heteroatoms. The van der Waals surface area contributed by atoms with E-state index in [0.717, 1.165) is 14.2 Å². The van der Waals surface area contributed by atoms with Crippen molar-refractivity contribution in [2.24, 2.45) is 0 Å². The van der Waals surface area contributed by atoms with E-state index in [9.17, 15) is 51.0 Å². The third kappa shape index (κ3) is 5.98. The van der Waals surface area contributed by atoms with Crippen molar-refractivity contribution in [3.63, 3.8) is 0 Å². The third-order valence-corrected chi connectivity index (χ3v) is 7.53. The molecule has 3 aromatic carbocycles. The number of ether oxygens (including phenoxy) is 2. The summed E-state index contributed by atoms with van der Waals surface area (Å²) in [5.41, 5.74) is -3.05. The van der Waals surface area contributed by atoms with E-state index in [1.807, 2.05) is 0 Å². The molecule has 0 unspecified atom stereocenters. The van der Waals surface area contributed by atoms with Gasteiger partial charge in [0.05, 0.1) is 36.2 Å². The minimum absolute atomic E-state index is 0.245. The molecule has 1 amide bonds. The first-order valence-electron chi connectivity index (χ1n) is 11.5. The first kappa shape index (κ1) is 31.4. The van der Waals surface area contributed by atoms with Crippen molar-refractivity contribution < 1.29 is 54.7 Å². The van der Waals surface area contributed by atoms with Gasteiger partial charge >= 0.3 is 32.0 Å². The van der Waals surface area contributed by atoms with E-state index >= 15 is 0 Å². The van der Waals surface area contributed by atoms with Crippen molar-refractivity contribution in [2.75, 3.05) is 19.5 Å². The number of carbonyl (C=O) groups is 1. The van der Waals surface area contributed by atoms with Crippen LogP contribution in [0.4, 0.5) is 17.1 Å². The van der Waals surface area contributed by atoms with Gasteiger partial charge in [-0.25, -0.2) is 0 Å². The van der Waals surface area contributed by atoms with Gasteiger partial charge in [0.15, 0.2) is 37.9 Å². The zero-order valence-electron chi connectivity index (χ0n) is 22.1. The van der Waals surface area contributed by atoms with E-state index < -0.39 is 85.9 Å². The molecular weight excluding hydrogens is 634 g/mol. The fourth-order valence-corrected chi connectivity index (χ4v) is 5.22. The van der Waals surface area contributed by atoms with Crippen molar-refractivity contribution in [2.45, 2.75) is 9.79 Å². The highest BCUT2D eigenvalue weighted by Crippen LogP contribution is 2.35. The van der Waals surface area contributed by atoms with E-state index in [1.54, 1.807) is 18.2 Å². The number of methoxy groups -OCH3 is 2. The maximum Gasteiger partial charge on any atom is 0.395 e. The predicted octanol–water partition coefficient (Wildman–Crippen LogP) is 1.12. The standard InChI is InChI=1S/C22H17N7O13S2/c1-41-17-8-15(28(31)32)19(43(35,36)37)10-13(17)26-21(22(30)23-12-6-4-3-5-7-12)24-25-27(26)14-11-20(44(38,39)40)16(29(33)34)9-18(14)42-2/h3-11H,1-2H3,(H2-,23,30,35,36,37,38,39,40)/p+1. The van der Waals surface area contributed by atoms with Crippen LogP contribution in [-0.2, 0) is 20.2 Å². The van der Waals surface area contributed by atoms with Crippen LogP contribution < -0.4 is 19.5 Å². The topological polar surface area (TPSA) is 277 Å². The molecule has 20 nitrogen and oxygen atoms in total. The summed E-state index contributed by atoms with van der Waals surface area (Å²) in [5, 5.41) is 33.3. The molecule has 3 N–H and O–H groups in total. The number of carbonyl (C=O) groups excluding carboxylic acids is 1. The molecule has 0 aliphatic heterocycles. The highest BCUT2D eigenvalue weighted by molar-refractivity contribution is 7.86. The quantitative estimate of drug-likeness (QED) is 0.0936. The Kier molecular flexibility index (Phi) is 8.27. The van der Waals surface area contributed by atoms with Gasteiger partial charge in [0.1, 0.15) is 5.10 Å². The molecule has 0 saturated heterocycles. The Labute approximate surface area is 245 Å². The van der Waals surface area contributed by atoms with Crippen molar-refractivity contribution in [3.8, 4) is 22.9 Å². The second kappa shape index (κ2) is 11.6. The van der Waals surface area contributed by atoms with Gasteiger partial charge in [-0.2, -0.15) is 16.8 Å². The molecule has 0 aliphatic carbocycles. The summed E-state index contributed by atoms with van der Waals surface area (Å²) in [4.78, 5) is 32.5. The van der Waals surface area contributed by atoms with Gasteiger partial charge in [0, 0.05) is 17.8 Å². The number of benzene rings is 3. The van der Waals surface area contributed by atoms with Crippen LogP contribution in [0.3, 0.4) is 0 Å². The van der Waals surface area contributed by atoms with Gasteiger partial charge in [0.2, 0.25) is 0 Å². The minimum atomic E-state index is -5.30. The van der Waals surface area contributed by atoms with Gasteiger partial charge in [-0.1, -0.05) is 18.2 Å². The highest BCUT2D eigenvalue weighted by atomic mass is 32.2. The number of para-hydroxylation sites is 1. The summed E-state index contributed by atoms with van der Waals surface area (Å²) < 4.78 is 79.0. The normalized spacial score (nSPS) is 11.5. The van der Waals surface area contributed by atoms with Gasteiger partial charge in [-0.15, -0.1) is 4.68 Å². The Balaban J connectivity index is 2.15. The zero-order chi connectivity index (χ0) is 32.6. The van der Waals surface area contributed by atoms with Crippen LogP contribution in [0.15, 0.2) is 64.4 Å². The highest BCUT2D eigenvalue weighted by Gasteiger charge is 2.38. The molecular formula is C22H18N7O13S2+. The molecule has 0 radical (unpaired) electrons. The minimum Gasteiger partial charge on any atom is -0.494 e. The molecule has 0 bridgehead atoms. The summed E-state index contributed by atoms with van der Waals surface area (Å²) in [6.07, 6.45) is 0. The van der Waals surface area contributed by atoms with Gasteiger partial charge in [-0.3, -0.25) is 34.1 Å². The van der Waals surface area contributed by atoms with Crippen LogP contribution in [0, 0.1) is 20.2 Å². The van der Waals surface area contributed by atoms with E-state index in [4.69, 9.17) is 9.47 Å². The molecule has 1 heterocycles. The molecule has 0 aliphatic rings. The number of nitro groups is 2. The average Bonchev–Trinajstić information content (AvgIpc) is 3.40. The maximum atomic E-state index is 13.4. The number of hydrogen-bond acceptors (Lipinski definition) is 13. The monoisotopic (exact) mass is 652 g/mol. The number of amides is 1. The number of nitrogens with zero attached hydrogens (tertiary/aromatic N) is 6. The van der Waals surface area contributed by atoms with Gasteiger partial charge in [-0.05, 0) is 16.9 Å². The molecule has 4 aromatic rings. The largest absolute Gasteiger partial charge is 0.494 e. The molecule has 0 atom stereocenters. The lowest BCUT2D eigenvalue weighted by molar-refractivity contribution is -0.682. The van der Waals surface area contributed by atoms with E-state index in [-0.39, 0.29) is 5.69 Å². The third-order valence-electron chi connectivity index (χ3n) is 5.76. The van der Waals surface area contributed by atoms with E-state index in [0.29, 0.717) is 33.7 Å². The van der Waals surface area contributed by atoms with Gasteiger partial charge < -0.3 is 14.8 Å². The Hall–Kier alpha value is -5.58. The Morgan fingerprint density at radius 1 is 0.886 bits per heavy atom. The van der Waals surface area contributed by atoms with Gasteiger partial charge in [0.25, 0.3) is 11.4 Å². The van der Waals surface area contributed by atoms with Crippen LogP contribution >= 0.6 is 0 Å². The number of nitro benzene ring substituents is 2. The lowest BCUT2D eigenvalue weighted by Crippen LogP contribution is -2.47. The van der Waals surface area contributed by atoms with Crippen molar-refractivity contribution in [1.82, 2.24) is 15.1 Å². The van der Waals surface area contributed by atoms with Crippen LogP contribution in [0.5, 0.6) is 11.5 Å². The first-order chi connectivity index (χ1) is 20.6. The van der Waals surface area contributed by atoms with Crippen LogP contribution in [0.1, 0.15) is 10.6 Å². The second-order valence-corrected chi connectivity index (χ2v) is 11.2. The SMILES string of the molecule is COc1cc([N+](=O)[O-])c(S(=O)(=O)O)cc1-n1nnc(C(=O)Nc2ccccc2)[n+]1-c1cc(S(=O)(=O)O)c([N+](=O)[O-])cc1OC. The summed E-state index contributed by atoms with van der Waals surface area (Å²) in [5.74, 6) is -2.65. The number of rotatable bonds is 10. The molecule has 0 fully saturated rings.